The van der Waals surface area contributed by atoms with Crippen molar-refractivity contribution in [3.8, 4) is 0 Å². The predicted molar refractivity (Wildman–Crippen MR) is 82.4 cm³/mol. The third kappa shape index (κ3) is 4.79. The highest BCUT2D eigenvalue weighted by Crippen LogP contribution is 2.19. The van der Waals surface area contributed by atoms with Crippen LogP contribution in [0.15, 0.2) is 12.1 Å². The summed E-state index contributed by atoms with van der Waals surface area (Å²) in [5.74, 6) is 1.71. The Kier molecular flexibility index (Phi) is 6.41. The molecule has 0 radical (unpaired) electrons. The Labute approximate surface area is 121 Å². The minimum Gasteiger partial charge on any atom is -0.414 e. The van der Waals surface area contributed by atoms with E-state index >= 15 is 0 Å². The Morgan fingerprint density at radius 1 is 1.30 bits per heavy atom. The van der Waals surface area contributed by atoms with E-state index in [1.165, 1.54) is 0 Å². The molecule has 1 aromatic heterocycles. The number of hydrogen-bond acceptors (Lipinski definition) is 6. The molecule has 20 heavy (non-hydrogen) atoms. The monoisotopic (exact) mass is 279 g/mol. The maximum atomic E-state index is 5.21. The van der Waals surface area contributed by atoms with E-state index in [9.17, 15) is 0 Å². The normalized spacial score (nSPS) is 11.8. The zero-order valence-electron chi connectivity index (χ0n) is 13.3. The summed E-state index contributed by atoms with van der Waals surface area (Å²) in [6.07, 6.45) is 3.49. The number of rotatable bonds is 7. The molecule has 1 aromatic rings. The molecule has 0 saturated heterocycles. The first kappa shape index (κ1) is 16.4. The molecule has 0 aromatic carbocycles. The van der Waals surface area contributed by atoms with Gasteiger partial charge in [-0.05, 0) is 27.9 Å². The number of anilines is 1. The number of likely N-dealkylation sites (N-methyl/N-ethyl adjacent to an activating group) is 2. The topological polar surface area (TPSA) is 53.5 Å². The van der Waals surface area contributed by atoms with E-state index in [2.05, 4.69) is 39.3 Å². The van der Waals surface area contributed by atoms with Gasteiger partial charge in [-0.15, -0.1) is 0 Å². The minimum atomic E-state index is 0.760. The highest BCUT2D eigenvalue weighted by molar-refractivity contribution is 5.58. The predicted octanol–water partition coefficient (Wildman–Crippen LogP) is 1.29. The molecule has 1 N–H and O–H groups in total. The van der Waals surface area contributed by atoms with Crippen molar-refractivity contribution in [3.63, 3.8) is 0 Å². The Morgan fingerprint density at radius 2 is 2.00 bits per heavy atom. The lowest BCUT2D eigenvalue weighted by Gasteiger charge is -2.22. The molecule has 0 atom stereocenters. The Bertz CT molecular complexity index is 459. The summed E-state index contributed by atoms with van der Waals surface area (Å²) in [5.41, 5.74) is 4.57. The summed E-state index contributed by atoms with van der Waals surface area (Å²) in [4.78, 5) is 18.2. The molecule has 6 nitrogen and oxygen atoms in total. The summed E-state index contributed by atoms with van der Waals surface area (Å²) in [5, 5.41) is 0. The van der Waals surface area contributed by atoms with E-state index < -0.39 is 0 Å². The van der Waals surface area contributed by atoms with Crippen LogP contribution in [0.25, 0.3) is 6.08 Å². The van der Waals surface area contributed by atoms with Crippen molar-refractivity contribution >= 4 is 11.9 Å². The summed E-state index contributed by atoms with van der Waals surface area (Å²) >= 11 is 0. The van der Waals surface area contributed by atoms with Crippen LogP contribution >= 0.6 is 0 Å². The Balaban J connectivity index is 2.92. The molecule has 0 spiro atoms. The average Bonchev–Trinajstić information content (AvgIpc) is 2.38. The average molecular weight is 279 g/mol. The van der Waals surface area contributed by atoms with Crippen LogP contribution in [-0.4, -0.2) is 56.1 Å². The van der Waals surface area contributed by atoms with Gasteiger partial charge in [-0.3, -0.25) is 0 Å². The minimum absolute atomic E-state index is 0.760. The van der Waals surface area contributed by atoms with Crippen molar-refractivity contribution < 1.29 is 4.84 Å². The quantitative estimate of drug-likeness (QED) is 0.600. The largest absolute Gasteiger partial charge is 0.414 e. The van der Waals surface area contributed by atoms with E-state index in [1.54, 1.807) is 13.4 Å². The summed E-state index contributed by atoms with van der Waals surface area (Å²) in [7, 11) is 7.90. The molecular weight excluding hydrogens is 254 g/mol. The standard InChI is InChI=1S/C14H25N5O/c1-11(20-15-3)9-13-12(2)14(17-10-16-13)19(6)8-7-18(4)5/h9-10,15H,7-8H2,1-6H3/b11-9+. The number of nitrogens with one attached hydrogen (secondary N) is 1. The molecule has 0 bridgehead atoms. The van der Waals surface area contributed by atoms with Crippen molar-refractivity contribution in [2.24, 2.45) is 0 Å². The summed E-state index contributed by atoms with van der Waals surface area (Å²) in [6, 6.07) is 0. The highest BCUT2D eigenvalue weighted by atomic mass is 16.6. The molecule has 1 rings (SSSR count). The molecule has 1 heterocycles. The molecule has 0 fully saturated rings. The Hall–Kier alpha value is -1.66. The number of nitrogens with zero attached hydrogens (tertiary/aromatic N) is 4. The van der Waals surface area contributed by atoms with Crippen LogP contribution < -0.4 is 10.4 Å². The number of hydrogen-bond donors (Lipinski definition) is 1. The Morgan fingerprint density at radius 3 is 2.60 bits per heavy atom. The van der Waals surface area contributed by atoms with Crippen LogP contribution in [0, 0.1) is 6.92 Å². The van der Waals surface area contributed by atoms with Crippen molar-refractivity contribution in [1.82, 2.24) is 20.3 Å². The third-order valence-corrected chi connectivity index (χ3v) is 2.94. The molecule has 0 saturated carbocycles. The molecule has 0 aliphatic rings. The van der Waals surface area contributed by atoms with Crippen LogP contribution in [0.2, 0.25) is 0 Å². The van der Waals surface area contributed by atoms with E-state index in [0.29, 0.717) is 0 Å². The lowest BCUT2D eigenvalue weighted by molar-refractivity contribution is 0.131. The molecule has 0 amide bonds. The second kappa shape index (κ2) is 7.81. The SMILES string of the molecule is CNO/C(C)=C/c1ncnc(N(C)CCN(C)C)c1C. The van der Waals surface area contributed by atoms with Gasteiger partial charge in [0.2, 0.25) is 0 Å². The maximum Gasteiger partial charge on any atom is 0.135 e. The molecule has 112 valence electrons. The molecule has 6 heteroatoms. The number of hydroxylamine groups is 1. The zero-order chi connectivity index (χ0) is 15.1. The van der Waals surface area contributed by atoms with Gasteiger partial charge >= 0.3 is 0 Å². The fourth-order valence-corrected chi connectivity index (χ4v) is 1.82. The first-order valence-corrected chi connectivity index (χ1v) is 6.65. The van der Waals surface area contributed by atoms with Crippen molar-refractivity contribution in [1.29, 1.82) is 0 Å². The summed E-state index contributed by atoms with van der Waals surface area (Å²) < 4.78 is 0. The van der Waals surface area contributed by atoms with Gasteiger partial charge < -0.3 is 14.6 Å². The second-order valence-electron chi connectivity index (χ2n) is 4.99. The molecule has 0 unspecified atom stereocenters. The van der Waals surface area contributed by atoms with Crippen molar-refractivity contribution in [2.45, 2.75) is 13.8 Å². The molecule has 0 aliphatic carbocycles. The number of aromatic nitrogens is 2. The van der Waals surface area contributed by atoms with Gasteiger partial charge in [0.05, 0.1) is 5.69 Å². The summed E-state index contributed by atoms with van der Waals surface area (Å²) in [6.45, 7) is 5.81. The van der Waals surface area contributed by atoms with Gasteiger partial charge in [-0.2, -0.15) is 5.48 Å². The second-order valence-corrected chi connectivity index (χ2v) is 4.99. The zero-order valence-corrected chi connectivity index (χ0v) is 13.3. The van der Waals surface area contributed by atoms with Crippen molar-refractivity contribution in [2.75, 3.05) is 46.2 Å². The van der Waals surface area contributed by atoms with Gasteiger partial charge in [-0.1, -0.05) is 0 Å². The van der Waals surface area contributed by atoms with Crippen LogP contribution in [0.4, 0.5) is 5.82 Å². The van der Waals surface area contributed by atoms with E-state index in [0.717, 1.165) is 35.9 Å². The van der Waals surface area contributed by atoms with E-state index in [-0.39, 0.29) is 0 Å². The van der Waals surface area contributed by atoms with Crippen LogP contribution in [-0.2, 0) is 4.84 Å². The smallest absolute Gasteiger partial charge is 0.135 e. The van der Waals surface area contributed by atoms with Crippen LogP contribution in [0.3, 0.4) is 0 Å². The first-order valence-electron chi connectivity index (χ1n) is 6.65. The lowest BCUT2D eigenvalue weighted by Crippen LogP contribution is -2.29. The van der Waals surface area contributed by atoms with Crippen molar-refractivity contribution in [3.05, 3.63) is 23.3 Å². The van der Waals surface area contributed by atoms with Crippen LogP contribution in [0.5, 0.6) is 0 Å². The van der Waals surface area contributed by atoms with Gasteiger partial charge in [0.25, 0.3) is 0 Å². The van der Waals surface area contributed by atoms with Gasteiger partial charge in [0.1, 0.15) is 17.9 Å². The highest BCUT2D eigenvalue weighted by Gasteiger charge is 2.10. The first-order chi connectivity index (χ1) is 9.45. The van der Waals surface area contributed by atoms with Gasteiger partial charge in [0, 0.05) is 38.8 Å². The lowest BCUT2D eigenvalue weighted by atomic mass is 10.2. The fraction of sp³-hybridized carbons (Fsp3) is 0.571. The van der Waals surface area contributed by atoms with Gasteiger partial charge in [-0.25, -0.2) is 9.97 Å². The maximum absolute atomic E-state index is 5.21. The van der Waals surface area contributed by atoms with E-state index in [4.69, 9.17) is 4.84 Å². The molecular formula is C14H25N5O. The number of allylic oxidation sites excluding steroid dienone is 1. The van der Waals surface area contributed by atoms with Gasteiger partial charge in [0.15, 0.2) is 0 Å². The van der Waals surface area contributed by atoms with E-state index in [1.807, 2.05) is 27.0 Å². The van der Waals surface area contributed by atoms with Crippen LogP contribution in [0.1, 0.15) is 18.2 Å². The molecule has 0 aliphatic heterocycles. The third-order valence-electron chi connectivity index (χ3n) is 2.94. The fourth-order valence-electron chi connectivity index (χ4n) is 1.82.